The maximum Gasteiger partial charge on any atom is 0.220 e. The molecule has 2 rings (SSSR count). The largest absolute Gasteiger partial charge is 0.496 e. The van der Waals surface area contributed by atoms with Crippen molar-refractivity contribution in [3.63, 3.8) is 0 Å². The predicted octanol–water partition coefficient (Wildman–Crippen LogP) is 0.895. The Balaban J connectivity index is 1.77. The van der Waals surface area contributed by atoms with Gasteiger partial charge in [-0.2, -0.15) is 0 Å². The number of rotatable bonds is 6. The second kappa shape index (κ2) is 6.72. The van der Waals surface area contributed by atoms with Gasteiger partial charge in [-0.3, -0.25) is 4.79 Å². The standard InChI is InChI=1S/C15H21NO4/c1-19-13-5-3-2-4-12(13)6-7-14(17)16-10-15(18)8-9-20-11-15/h2-5,18H,6-11H2,1H3,(H,16,17). The molecule has 5 nitrogen and oxygen atoms in total. The molecule has 5 heteroatoms. The molecule has 1 amide bonds. The first-order valence-electron chi connectivity index (χ1n) is 6.82. The molecule has 1 aromatic carbocycles. The number of amides is 1. The Morgan fingerprint density at radius 2 is 2.30 bits per heavy atom. The number of carbonyl (C=O) groups excluding carboxylic acids is 1. The molecule has 1 aromatic rings. The highest BCUT2D eigenvalue weighted by molar-refractivity contribution is 5.76. The van der Waals surface area contributed by atoms with Gasteiger partial charge in [0.05, 0.1) is 13.7 Å². The third-order valence-electron chi connectivity index (χ3n) is 3.51. The normalized spacial score (nSPS) is 21.7. The highest BCUT2D eigenvalue weighted by atomic mass is 16.5. The zero-order valence-electron chi connectivity index (χ0n) is 11.7. The first-order valence-corrected chi connectivity index (χ1v) is 6.82. The third kappa shape index (κ3) is 3.95. The molecule has 1 unspecified atom stereocenters. The molecule has 1 saturated heterocycles. The summed E-state index contributed by atoms with van der Waals surface area (Å²) >= 11 is 0. The van der Waals surface area contributed by atoms with Crippen molar-refractivity contribution in [2.45, 2.75) is 24.9 Å². The van der Waals surface area contributed by atoms with Crippen LogP contribution in [-0.4, -0.2) is 43.5 Å². The van der Waals surface area contributed by atoms with Crippen molar-refractivity contribution in [3.05, 3.63) is 29.8 Å². The van der Waals surface area contributed by atoms with Gasteiger partial charge in [0.15, 0.2) is 0 Å². The van der Waals surface area contributed by atoms with Crippen molar-refractivity contribution >= 4 is 5.91 Å². The van der Waals surface area contributed by atoms with Crippen molar-refractivity contribution in [3.8, 4) is 5.75 Å². The van der Waals surface area contributed by atoms with Crippen molar-refractivity contribution in [1.82, 2.24) is 5.32 Å². The number of aryl methyl sites for hydroxylation is 1. The van der Waals surface area contributed by atoms with Gasteiger partial charge in [-0.25, -0.2) is 0 Å². The van der Waals surface area contributed by atoms with Crippen LogP contribution in [0.5, 0.6) is 5.75 Å². The number of aliphatic hydroxyl groups is 1. The predicted molar refractivity (Wildman–Crippen MR) is 74.7 cm³/mol. The van der Waals surface area contributed by atoms with Crippen LogP contribution in [-0.2, 0) is 16.0 Å². The Morgan fingerprint density at radius 3 is 3.00 bits per heavy atom. The molecular weight excluding hydrogens is 258 g/mol. The molecule has 1 aliphatic heterocycles. The molecule has 1 atom stereocenters. The summed E-state index contributed by atoms with van der Waals surface area (Å²) in [5, 5.41) is 12.8. The maximum absolute atomic E-state index is 11.8. The maximum atomic E-state index is 11.8. The van der Waals surface area contributed by atoms with E-state index in [4.69, 9.17) is 9.47 Å². The molecule has 110 valence electrons. The molecule has 0 aromatic heterocycles. The van der Waals surface area contributed by atoms with Crippen LogP contribution in [0.25, 0.3) is 0 Å². The number of benzene rings is 1. The van der Waals surface area contributed by atoms with Crippen LogP contribution in [0.3, 0.4) is 0 Å². The van der Waals surface area contributed by atoms with Crippen LogP contribution >= 0.6 is 0 Å². The summed E-state index contributed by atoms with van der Waals surface area (Å²) < 4.78 is 10.4. The van der Waals surface area contributed by atoms with Gasteiger partial charge in [-0.1, -0.05) is 18.2 Å². The fraction of sp³-hybridized carbons (Fsp3) is 0.533. The molecule has 1 fully saturated rings. The van der Waals surface area contributed by atoms with Crippen LogP contribution < -0.4 is 10.1 Å². The lowest BCUT2D eigenvalue weighted by Gasteiger charge is -2.20. The van der Waals surface area contributed by atoms with Crippen LogP contribution in [0.1, 0.15) is 18.4 Å². The van der Waals surface area contributed by atoms with Crippen LogP contribution in [0, 0.1) is 0 Å². The molecule has 2 N–H and O–H groups in total. The first-order chi connectivity index (χ1) is 9.63. The Labute approximate surface area is 118 Å². The lowest BCUT2D eigenvalue weighted by Crippen LogP contribution is -2.43. The number of para-hydroxylation sites is 1. The average Bonchev–Trinajstić information content (AvgIpc) is 2.90. The van der Waals surface area contributed by atoms with Gasteiger partial charge in [-0.15, -0.1) is 0 Å². The number of methoxy groups -OCH3 is 1. The number of hydrogen-bond donors (Lipinski definition) is 2. The zero-order chi connectivity index (χ0) is 14.4. The second-order valence-electron chi connectivity index (χ2n) is 5.12. The van der Waals surface area contributed by atoms with Gasteiger partial charge >= 0.3 is 0 Å². The zero-order valence-corrected chi connectivity index (χ0v) is 11.7. The van der Waals surface area contributed by atoms with Gasteiger partial charge in [0.25, 0.3) is 0 Å². The molecular formula is C15H21NO4. The molecule has 0 aliphatic carbocycles. The highest BCUT2D eigenvalue weighted by Crippen LogP contribution is 2.19. The van der Waals surface area contributed by atoms with E-state index in [2.05, 4.69) is 5.32 Å². The van der Waals surface area contributed by atoms with Crippen LogP contribution in [0.15, 0.2) is 24.3 Å². The monoisotopic (exact) mass is 279 g/mol. The van der Waals surface area contributed by atoms with Gasteiger partial charge in [0.2, 0.25) is 5.91 Å². The SMILES string of the molecule is COc1ccccc1CCC(=O)NCC1(O)CCOC1. The minimum Gasteiger partial charge on any atom is -0.496 e. The van der Waals surface area contributed by atoms with E-state index in [1.807, 2.05) is 24.3 Å². The highest BCUT2D eigenvalue weighted by Gasteiger charge is 2.32. The smallest absolute Gasteiger partial charge is 0.220 e. The molecule has 0 bridgehead atoms. The molecule has 1 aliphatic rings. The van der Waals surface area contributed by atoms with Crippen molar-refractivity contribution < 1.29 is 19.4 Å². The van der Waals surface area contributed by atoms with Gasteiger partial charge in [-0.05, 0) is 18.1 Å². The Hall–Kier alpha value is -1.59. The van der Waals surface area contributed by atoms with Gasteiger partial charge in [0, 0.05) is 26.0 Å². The summed E-state index contributed by atoms with van der Waals surface area (Å²) in [5.41, 5.74) is 0.105. The van der Waals surface area contributed by atoms with Crippen molar-refractivity contribution in [1.29, 1.82) is 0 Å². The van der Waals surface area contributed by atoms with E-state index < -0.39 is 5.60 Å². The van der Waals surface area contributed by atoms with E-state index in [0.717, 1.165) is 11.3 Å². The number of hydrogen-bond acceptors (Lipinski definition) is 4. The lowest BCUT2D eigenvalue weighted by molar-refractivity contribution is -0.122. The second-order valence-corrected chi connectivity index (χ2v) is 5.12. The fourth-order valence-electron chi connectivity index (χ4n) is 2.25. The van der Waals surface area contributed by atoms with E-state index in [-0.39, 0.29) is 12.5 Å². The summed E-state index contributed by atoms with van der Waals surface area (Å²) in [6.45, 7) is 1.09. The quantitative estimate of drug-likeness (QED) is 0.811. The van der Waals surface area contributed by atoms with E-state index in [1.165, 1.54) is 0 Å². The van der Waals surface area contributed by atoms with E-state index >= 15 is 0 Å². The molecule has 20 heavy (non-hydrogen) atoms. The van der Waals surface area contributed by atoms with Crippen molar-refractivity contribution in [2.75, 3.05) is 26.9 Å². The Bertz CT molecular complexity index is 455. The van der Waals surface area contributed by atoms with E-state index in [0.29, 0.717) is 32.5 Å². The fourth-order valence-corrected chi connectivity index (χ4v) is 2.25. The van der Waals surface area contributed by atoms with E-state index in [1.54, 1.807) is 7.11 Å². The molecule has 0 radical (unpaired) electrons. The summed E-state index contributed by atoms with van der Waals surface area (Å²) in [4.78, 5) is 11.8. The number of nitrogens with one attached hydrogen (secondary N) is 1. The number of carbonyl (C=O) groups is 1. The van der Waals surface area contributed by atoms with E-state index in [9.17, 15) is 9.90 Å². The van der Waals surface area contributed by atoms with Crippen LogP contribution in [0.4, 0.5) is 0 Å². The topological polar surface area (TPSA) is 67.8 Å². The summed E-state index contributed by atoms with van der Waals surface area (Å²) in [6, 6.07) is 7.66. The average molecular weight is 279 g/mol. The molecule has 0 spiro atoms. The molecule has 1 heterocycles. The van der Waals surface area contributed by atoms with Gasteiger partial charge < -0.3 is 19.9 Å². The minimum absolute atomic E-state index is 0.0729. The first kappa shape index (κ1) is 14.8. The van der Waals surface area contributed by atoms with Crippen LogP contribution in [0.2, 0.25) is 0 Å². The van der Waals surface area contributed by atoms with Gasteiger partial charge in [0.1, 0.15) is 11.4 Å². The van der Waals surface area contributed by atoms with Crippen molar-refractivity contribution in [2.24, 2.45) is 0 Å². The summed E-state index contributed by atoms with van der Waals surface area (Å²) in [7, 11) is 1.62. The summed E-state index contributed by atoms with van der Waals surface area (Å²) in [6.07, 6.45) is 1.56. The Morgan fingerprint density at radius 1 is 1.50 bits per heavy atom. The summed E-state index contributed by atoms with van der Waals surface area (Å²) in [5.74, 6) is 0.722. The Kier molecular flexibility index (Phi) is 4.98. The molecule has 0 saturated carbocycles. The number of ether oxygens (including phenoxy) is 2. The minimum atomic E-state index is -0.903. The lowest BCUT2D eigenvalue weighted by atomic mass is 10.0. The third-order valence-corrected chi connectivity index (χ3v) is 3.51.